The molecule has 0 fully saturated rings. The SMILES string of the molecule is COCc1nc(-c2ccc3c(c2)CCO3)nc(Cl)c1Br. The minimum absolute atomic E-state index is 0.379. The Morgan fingerprint density at radius 3 is 3.05 bits per heavy atom. The molecule has 1 aromatic carbocycles. The lowest BCUT2D eigenvalue weighted by Crippen LogP contribution is -2.00. The smallest absolute Gasteiger partial charge is 0.161 e. The number of halogens is 2. The van der Waals surface area contributed by atoms with Crippen LogP contribution >= 0.6 is 27.5 Å². The molecule has 0 saturated heterocycles. The number of rotatable bonds is 3. The van der Waals surface area contributed by atoms with Crippen molar-refractivity contribution in [1.29, 1.82) is 0 Å². The number of nitrogens with zero attached hydrogens (tertiary/aromatic N) is 2. The molecule has 104 valence electrons. The number of hydrogen-bond donors (Lipinski definition) is 0. The fourth-order valence-corrected chi connectivity index (χ4v) is 2.63. The van der Waals surface area contributed by atoms with E-state index in [0.717, 1.165) is 30.0 Å². The van der Waals surface area contributed by atoms with Gasteiger partial charge in [0.1, 0.15) is 10.9 Å². The van der Waals surface area contributed by atoms with Crippen molar-refractivity contribution in [2.75, 3.05) is 13.7 Å². The first-order valence-electron chi connectivity index (χ1n) is 6.16. The number of ether oxygens (including phenoxy) is 2. The largest absolute Gasteiger partial charge is 0.493 e. The van der Waals surface area contributed by atoms with Gasteiger partial charge in [-0.3, -0.25) is 0 Å². The Kier molecular flexibility index (Phi) is 3.92. The Labute approximate surface area is 130 Å². The summed E-state index contributed by atoms with van der Waals surface area (Å²) in [7, 11) is 1.62. The standard InChI is InChI=1S/C14H12BrClN2O2/c1-19-7-10-12(15)13(16)18-14(17-10)9-2-3-11-8(6-9)4-5-20-11/h2-3,6H,4-5,7H2,1H3. The summed E-state index contributed by atoms with van der Waals surface area (Å²) < 4.78 is 11.3. The fourth-order valence-electron chi connectivity index (χ4n) is 2.15. The lowest BCUT2D eigenvalue weighted by molar-refractivity contribution is 0.181. The Balaban J connectivity index is 2.05. The summed E-state index contributed by atoms with van der Waals surface area (Å²) in [5, 5.41) is 0.388. The molecule has 0 N–H and O–H groups in total. The summed E-state index contributed by atoms with van der Waals surface area (Å²) in [6.07, 6.45) is 0.915. The van der Waals surface area contributed by atoms with Crippen LogP contribution in [-0.4, -0.2) is 23.7 Å². The van der Waals surface area contributed by atoms with Crippen LogP contribution in [0.1, 0.15) is 11.3 Å². The molecule has 0 atom stereocenters. The molecule has 6 heteroatoms. The second kappa shape index (κ2) is 5.68. The van der Waals surface area contributed by atoms with Crippen LogP contribution in [0.5, 0.6) is 5.75 Å². The number of benzene rings is 1. The molecule has 0 spiro atoms. The second-order valence-electron chi connectivity index (χ2n) is 4.45. The molecule has 2 heterocycles. The highest BCUT2D eigenvalue weighted by Crippen LogP contribution is 2.31. The first-order valence-corrected chi connectivity index (χ1v) is 7.33. The van der Waals surface area contributed by atoms with Crippen molar-refractivity contribution in [3.05, 3.63) is 39.1 Å². The Morgan fingerprint density at radius 1 is 1.40 bits per heavy atom. The first kappa shape index (κ1) is 13.8. The van der Waals surface area contributed by atoms with Crippen LogP contribution in [0.4, 0.5) is 0 Å². The monoisotopic (exact) mass is 354 g/mol. The average Bonchev–Trinajstić information content (AvgIpc) is 2.91. The van der Waals surface area contributed by atoms with Crippen molar-refractivity contribution in [3.8, 4) is 17.1 Å². The predicted octanol–water partition coefficient (Wildman–Crippen LogP) is 3.64. The number of aromatic nitrogens is 2. The average molecular weight is 356 g/mol. The van der Waals surface area contributed by atoms with Gasteiger partial charge in [0.2, 0.25) is 0 Å². The Bertz CT molecular complexity index is 664. The van der Waals surface area contributed by atoms with Gasteiger partial charge in [-0.05, 0) is 39.7 Å². The second-order valence-corrected chi connectivity index (χ2v) is 5.60. The van der Waals surface area contributed by atoms with E-state index in [2.05, 4.69) is 32.0 Å². The topological polar surface area (TPSA) is 44.2 Å². The summed E-state index contributed by atoms with van der Waals surface area (Å²) >= 11 is 9.52. The van der Waals surface area contributed by atoms with E-state index in [4.69, 9.17) is 21.1 Å². The summed E-state index contributed by atoms with van der Waals surface area (Å²) in [6, 6.07) is 5.95. The van der Waals surface area contributed by atoms with Crippen LogP contribution in [-0.2, 0) is 17.8 Å². The van der Waals surface area contributed by atoms with E-state index in [1.807, 2.05) is 12.1 Å². The van der Waals surface area contributed by atoms with Crippen molar-refractivity contribution in [3.63, 3.8) is 0 Å². The molecule has 0 saturated carbocycles. The molecular weight excluding hydrogens is 344 g/mol. The van der Waals surface area contributed by atoms with Crippen molar-refractivity contribution in [1.82, 2.24) is 9.97 Å². The lowest BCUT2D eigenvalue weighted by Gasteiger charge is -2.08. The fraction of sp³-hybridized carbons (Fsp3) is 0.286. The van der Waals surface area contributed by atoms with Gasteiger partial charge in [-0.1, -0.05) is 11.6 Å². The molecule has 4 nitrogen and oxygen atoms in total. The molecule has 1 aliphatic rings. The molecule has 1 aliphatic heterocycles. The van der Waals surface area contributed by atoms with Gasteiger partial charge in [0.25, 0.3) is 0 Å². The van der Waals surface area contributed by atoms with Gasteiger partial charge in [-0.15, -0.1) is 0 Å². The van der Waals surface area contributed by atoms with E-state index in [0.29, 0.717) is 22.1 Å². The Morgan fingerprint density at radius 2 is 2.25 bits per heavy atom. The number of methoxy groups -OCH3 is 1. The highest BCUT2D eigenvalue weighted by molar-refractivity contribution is 9.10. The van der Waals surface area contributed by atoms with Crippen molar-refractivity contribution in [2.45, 2.75) is 13.0 Å². The van der Waals surface area contributed by atoms with E-state index in [9.17, 15) is 0 Å². The summed E-state index contributed by atoms with van der Waals surface area (Å²) in [6.45, 7) is 1.11. The molecule has 0 amide bonds. The van der Waals surface area contributed by atoms with Crippen LogP contribution in [0.15, 0.2) is 22.7 Å². The van der Waals surface area contributed by atoms with Crippen LogP contribution < -0.4 is 4.74 Å². The predicted molar refractivity (Wildman–Crippen MR) is 80.1 cm³/mol. The quantitative estimate of drug-likeness (QED) is 0.789. The number of hydrogen-bond acceptors (Lipinski definition) is 4. The molecule has 1 aromatic heterocycles. The third kappa shape index (κ3) is 2.53. The lowest BCUT2D eigenvalue weighted by atomic mass is 10.1. The van der Waals surface area contributed by atoms with Crippen LogP contribution in [0, 0.1) is 0 Å². The zero-order valence-electron chi connectivity index (χ0n) is 10.8. The van der Waals surface area contributed by atoms with Gasteiger partial charge >= 0.3 is 0 Å². The molecule has 20 heavy (non-hydrogen) atoms. The zero-order valence-corrected chi connectivity index (χ0v) is 13.2. The van der Waals surface area contributed by atoms with Gasteiger partial charge in [-0.25, -0.2) is 9.97 Å². The van der Waals surface area contributed by atoms with Crippen LogP contribution in [0.25, 0.3) is 11.4 Å². The van der Waals surface area contributed by atoms with Crippen molar-refractivity contribution >= 4 is 27.5 Å². The highest BCUT2D eigenvalue weighted by Gasteiger charge is 2.16. The molecule has 0 aliphatic carbocycles. The van der Waals surface area contributed by atoms with Crippen molar-refractivity contribution < 1.29 is 9.47 Å². The minimum atomic E-state index is 0.379. The molecular formula is C14H12BrClN2O2. The van der Waals surface area contributed by atoms with E-state index in [-0.39, 0.29) is 0 Å². The zero-order chi connectivity index (χ0) is 14.1. The molecule has 0 bridgehead atoms. The molecule has 0 unspecified atom stereocenters. The van der Waals surface area contributed by atoms with Gasteiger partial charge in [0.15, 0.2) is 5.82 Å². The third-order valence-corrected chi connectivity index (χ3v) is 4.44. The van der Waals surface area contributed by atoms with E-state index < -0.39 is 0 Å². The van der Waals surface area contributed by atoms with E-state index in [1.54, 1.807) is 7.11 Å². The van der Waals surface area contributed by atoms with Crippen LogP contribution in [0.2, 0.25) is 5.15 Å². The normalized spacial score (nSPS) is 13.2. The van der Waals surface area contributed by atoms with Gasteiger partial charge in [0, 0.05) is 19.1 Å². The molecule has 2 aromatic rings. The third-order valence-electron chi connectivity index (χ3n) is 3.11. The van der Waals surface area contributed by atoms with Gasteiger partial charge in [-0.2, -0.15) is 0 Å². The highest BCUT2D eigenvalue weighted by atomic mass is 79.9. The summed E-state index contributed by atoms with van der Waals surface area (Å²) in [4.78, 5) is 8.83. The maximum Gasteiger partial charge on any atom is 0.161 e. The number of fused-ring (bicyclic) bond motifs is 1. The first-order chi connectivity index (χ1) is 9.69. The van der Waals surface area contributed by atoms with Gasteiger partial charge in [0.05, 0.1) is 23.4 Å². The summed E-state index contributed by atoms with van der Waals surface area (Å²) in [5.74, 6) is 1.54. The van der Waals surface area contributed by atoms with Crippen LogP contribution in [0.3, 0.4) is 0 Å². The van der Waals surface area contributed by atoms with E-state index in [1.165, 1.54) is 5.56 Å². The maximum absolute atomic E-state index is 6.14. The maximum atomic E-state index is 6.14. The minimum Gasteiger partial charge on any atom is -0.493 e. The molecule has 3 rings (SSSR count). The van der Waals surface area contributed by atoms with Gasteiger partial charge < -0.3 is 9.47 Å². The summed E-state index contributed by atoms with van der Waals surface area (Å²) in [5.41, 5.74) is 2.85. The van der Waals surface area contributed by atoms with Crippen molar-refractivity contribution in [2.24, 2.45) is 0 Å². The molecule has 0 radical (unpaired) electrons. The Hall–Kier alpha value is -1.17. The van der Waals surface area contributed by atoms with E-state index >= 15 is 0 Å².